The Morgan fingerprint density at radius 3 is 2.57 bits per heavy atom. The lowest BCUT2D eigenvalue weighted by molar-refractivity contribution is -0.122. The van der Waals surface area contributed by atoms with E-state index in [1.807, 2.05) is 45.0 Å². The summed E-state index contributed by atoms with van der Waals surface area (Å²) in [6.07, 6.45) is 4.95. The second-order valence-corrected chi connectivity index (χ2v) is 10.1. The van der Waals surface area contributed by atoms with Gasteiger partial charge in [0.15, 0.2) is 0 Å². The van der Waals surface area contributed by atoms with Gasteiger partial charge in [-0.05, 0) is 64.7 Å². The Bertz CT molecular complexity index is 1030. The number of carbonyl (C=O) groups excluding carboxylic acids is 2. The SMILES string of the molecule is Cc1cccc(C(=O)NCC(=O)NC2CN(C3CCC(O)(c4ccc(OC(C)C)nc4)CC3)C2)c1. The Labute approximate surface area is 207 Å². The molecule has 0 unspecified atom stereocenters. The Morgan fingerprint density at radius 2 is 1.94 bits per heavy atom. The lowest BCUT2D eigenvalue weighted by atomic mass is 9.77. The number of hydrogen-bond acceptors (Lipinski definition) is 6. The molecular formula is C27H36N4O4. The predicted octanol–water partition coefficient (Wildman–Crippen LogP) is 2.54. The summed E-state index contributed by atoms with van der Waals surface area (Å²) in [6, 6.07) is 11.5. The van der Waals surface area contributed by atoms with Crippen molar-refractivity contribution in [2.24, 2.45) is 0 Å². The molecule has 0 atom stereocenters. The van der Waals surface area contributed by atoms with Crippen LogP contribution in [0.2, 0.25) is 0 Å². The zero-order valence-electron chi connectivity index (χ0n) is 20.8. The molecule has 2 aromatic rings. The van der Waals surface area contributed by atoms with E-state index in [4.69, 9.17) is 4.74 Å². The quantitative estimate of drug-likeness (QED) is 0.537. The summed E-state index contributed by atoms with van der Waals surface area (Å²) in [5.41, 5.74) is 1.55. The number of aryl methyl sites for hydroxylation is 1. The molecule has 1 aliphatic carbocycles. The van der Waals surface area contributed by atoms with Gasteiger partial charge >= 0.3 is 0 Å². The van der Waals surface area contributed by atoms with Crippen LogP contribution in [0.4, 0.5) is 0 Å². The average molecular weight is 481 g/mol. The summed E-state index contributed by atoms with van der Waals surface area (Å²) in [5, 5.41) is 16.9. The molecule has 8 heteroatoms. The molecule has 1 aromatic heterocycles. The number of likely N-dealkylation sites (tertiary alicyclic amines) is 1. The van der Waals surface area contributed by atoms with Crippen LogP contribution in [0, 0.1) is 6.92 Å². The molecule has 0 spiro atoms. The fourth-order valence-electron chi connectivity index (χ4n) is 4.93. The highest BCUT2D eigenvalue weighted by atomic mass is 16.5. The van der Waals surface area contributed by atoms with Crippen molar-refractivity contribution in [2.45, 2.75) is 70.2 Å². The molecule has 3 N–H and O–H groups in total. The summed E-state index contributed by atoms with van der Waals surface area (Å²) in [7, 11) is 0. The van der Waals surface area contributed by atoms with Crippen molar-refractivity contribution in [1.82, 2.24) is 20.5 Å². The minimum Gasteiger partial charge on any atom is -0.475 e. The minimum atomic E-state index is -0.853. The van der Waals surface area contributed by atoms with Gasteiger partial charge in [-0.2, -0.15) is 0 Å². The van der Waals surface area contributed by atoms with E-state index >= 15 is 0 Å². The fourth-order valence-corrected chi connectivity index (χ4v) is 4.93. The first-order valence-electron chi connectivity index (χ1n) is 12.5. The number of aliphatic hydroxyl groups is 1. The fraction of sp³-hybridized carbons (Fsp3) is 0.519. The highest BCUT2D eigenvalue weighted by Crippen LogP contribution is 2.39. The molecule has 2 heterocycles. The van der Waals surface area contributed by atoms with Crippen molar-refractivity contribution < 1.29 is 19.4 Å². The average Bonchev–Trinajstić information content (AvgIpc) is 2.80. The molecule has 0 radical (unpaired) electrons. The summed E-state index contributed by atoms with van der Waals surface area (Å²) in [5.74, 6) is 0.154. The predicted molar refractivity (Wildman–Crippen MR) is 133 cm³/mol. The van der Waals surface area contributed by atoms with E-state index in [0.717, 1.165) is 37.1 Å². The highest BCUT2D eigenvalue weighted by molar-refractivity contribution is 5.96. The first-order valence-corrected chi connectivity index (χ1v) is 12.5. The molecule has 0 bridgehead atoms. The van der Waals surface area contributed by atoms with Crippen LogP contribution in [0.25, 0.3) is 0 Å². The van der Waals surface area contributed by atoms with Crippen LogP contribution < -0.4 is 15.4 Å². The number of carbonyl (C=O) groups is 2. The number of nitrogens with one attached hydrogen (secondary N) is 2. The number of nitrogens with zero attached hydrogens (tertiary/aromatic N) is 2. The number of rotatable bonds is 8. The van der Waals surface area contributed by atoms with E-state index in [-0.39, 0.29) is 30.5 Å². The number of ether oxygens (including phenoxy) is 1. The van der Waals surface area contributed by atoms with Gasteiger partial charge in [-0.3, -0.25) is 14.5 Å². The van der Waals surface area contributed by atoms with Gasteiger partial charge in [-0.15, -0.1) is 0 Å². The summed E-state index contributed by atoms with van der Waals surface area (Å²) < 4.78 is 5.60. The van der Waals surface area contributed by atoms with E-state index in [0.29, 0.717) is 30.3 Å². The lowest BCUT2D eigenvalue weighted by Gasteiger charge is -2.48. The molecule has 2 fully saturated rings. The van der Waals surface area contributed by atoms with E-state index in [1.54, 1.807) is 18.3 Å². The van der Waals surface area contributed by atoms with Crippen LogP contribution in [0.1, 0.15) is 61.0 Å². The van der Waals surface area contributed by atoms with Gasteiger partial charge in [0.25, 0.3) is 5.91 Å². The van der Waals surface area contributed by atoms with E-state index in [1.165, 1.54) is 0 Å². The van der Waals surface area contributed by atoms with Crippen LogP contribution in [0.15, 0.2) is 42.6 Å². The maximum Gasteiger partial charge on any atom is 0.251 e. The van der Waals surface area contributed by atoms with Crippen molar-refractivity contribution in [1.29, 1.82) is 0 Å². The Balaban J connectivity index is 1.17. The van der Waals surface area contributed by atoms with Crippen molar-refractivity contribution >= 4 is 11.8 Å². The van der Waals surface area contributed by atoms with Gasteiger partial charge in [-0.1, -0.05) is 17.7 Å². The standard InChI is InChI=1S/C27H36N4O4/c1-18(2)35-25-8-7-21(14-28-25)27(34)11-9-23(10-12-27)31-16-22(17-31)30-24(32)15-29-26(33)20-6-4-5-19(3)13-20/h4-8,13-14,18,22-23,34H,9-12,15-17H2,1-3H3,(H,29,33)(H,30,32). The van der Waals surface area contributed by atoms with Gasteiger partial charge in [-0.25, -0.2) is 4.98 Å². The van der Waals surface area contributed by atoms with Crippen molar-refractivity contribution in [2.75, 3.05) is 19.6 Å². The molecule has 2 aliphatic rings. The summed E-state index contributed by atoms with van der Waals surface area (Å²) in [6.45, 7) is 7.40. The molecule has 2 amide bonds. The van der Waals surface area contributed by atoms with Crippen molar-refractivity contribution in [3.63, 3.8) is 0 Å². The third-order valence-electron chi connectivity index (χ3n) is 6.89. The third-order valence-corrected chi connectivity index (χ3v) is 6.89. The van der Waals surface area contributed by atoms with E-state index < -0.39 is 5.60 Å². The third kappa shape index (κ3) is 6.38. The lowest BCUT2D eigenvalue weighted by Crippen LogP contribution is -2.63. The van der Waals surface area contributed by atoms with Crippen LogP contribution in [-0.4, -0.2) is 64.6 Å². The number of pyridine rings is 1. The van der Waals surface area contributed by atoms with E-state index in [9.17, 15) is 14.7 Å². The van der Waals surface area contributed by atoms with Crippen molar-refractivity contribution in [3.8, 4) is 5.88 Å². The van der Waals surface area contributed by atoms with Crippen LogP contribution >= 0.6 is 0 Å². The van der Waals surface area contributed by atoms with Gasteiger partial charge in [0.1, 0.15) is 0 Å². The second-order valence-electron chi connectivity index (χ2n) is 10.1. The smallest absolute Gasteiger partial charge is 0.251 e. The van der Waals surface area contributed by atoms with Crippen molar-refractivity contribution in [3.05, 3.63) is 59.3 Å². The number of amides is 2. The first-order chi connectivity index (χ1) is 16.7. The Morgan fingerprint density at radius 1 is 1.20 bits per heavy atom. The van der Waals surface area contributed by atoms with Crippen LogP contribution in [-0.2, 0) is 10.4 Å². The first kappa shape index (κ1) is 25.1. The molecule has 188 valence electrons. The normalized spacial score (nSPS) is 22.9. The maximum absolute atomic E-state index is 12.3. The minimum absolute atomic E-state index is 0.0330. The van der Waals surface area contributed by atoms with Crippen LogP contribution in [0.3, 0.4) is 0 Å². The zero-order valence-corrected chi connectivity index (χ0v) is 20.8. The molecule has 1 saturated heterocycles. The molecule has 1 saturated carbocycles. The zero-order chi connectivity index (χ0) is 25.0. The topological polar surface area (TPSA) is 104 Å². The van der Waals surface area contributed by atoms with Gasteiger partial charge in [0.2, 0.25) is 11.8 Å². The molecule has 35 heavy (non-hydrogen) atoms. The summed E-state index contributed by atoms with van der Waals surface area (Å²) in [4.78, 5) is 31.2. The Hall–Kier alpha value is -2.97. The maximum atomic E-state index is 12.3. The Kier molecular flexibility index (Phi) is 7.72. The second kappa shape index (κ2) is 10.7. The largest absolute Gasteiger partial charge is 0.475 e. The molecular weight excluding hydrogens is 444 g/mol. The molecule has 4 rings (SSSR count). The molecule has 8 nitrogen and oxygen atoms in total. The number of benzene rings is 1. The number of hydrogen-bond donors (Lipinski definition) is 3. The van der Waals surface area contributed by atoms with Crippen LogP contribution in [0.5, 0.6) is 5.88 Å². The monoisotopic (exact) mass is 480 g/mol. The van der Waals surface area contributed by atoms with Gasteiger partial charge < -0.3 is 20.5 Å². The van der Waals surface area contributed by atoms with Gasteiger partial charge in [0, 0.05) is 42.5 Å². The highest BCUT2D eigenvalue weighted by Gasteiger charge is 2.40. The van der Waals surface area contributed by atoms with E-state index in [2.05, 4.69) is 20.5 Å². The van der Waals surface area contributed by atoms with Gasteiger partial charge in [0.05, 0.1) is 24.3 Å². The summed E-state index contributed by atoms with van der Waals surface area (Å²) >= 11 is 0. The molecule has 1 aliphatic heterocycles. The molecule has 1 aromatic carbocycles. The number of aromatic nitrogens is 1.